The van der Waals surface area contributed by atoms with Crippen molar-refractivity contribution in [2.45, 2.75) is 31.4 Å². The van der Waals surface area contributed by atoms with Gasteiger partial charge in [-0.3, -0.25) is 9.69 Å². The monoisotopic (exact) mass is 395 g/mol. The van der Waals surface area contributed by atoms with Crippen molar-refractivity contribution < 1.29 is 13.2 Å². The molecule has 0 spiro atoms. The minimum atomic E-state index is -3.42. The van der Waals surface area contributed by atoms with E-state index in [0.29, 0.717) is 36.9 Å². The lowest BCUT2D eigenvalue weighted by molar-refractivity contribution is 0.0901. The largest absolute Gasteiger partial charge is 0.362 e. The first-order chi connectivity index (χ1) is 12.3. The van der Waals surface area contributed by atoms with Crippen molar-refractivity contribution in [1.29, 1.82) is 0 Å². The zero-order valence-electron chi connectivity index (χ0n) is 15.4. The fraction of sp³-hybridized carbons (Fsp3) is 0.500. The molecular formula is C18H25N3O3S2. The first-order valence-corrected chi connectivity index (χ1v) is 11.1. The van der Waals surface area contributed by atoms with Crippen LogP contribution in [-0.2, 0) is 16.4 Å². The van der Waals surface area contributed by atoms with Gasteiger partial charge in [0.1, 0.15) is 4.21 Å². The van der Waals surface area contributed by atoms with Gasteiger partial charge >= 0.3 is 0 Å². The molecule has 1 aliphatic rings. The molecule has 1 N–H and O–H groups in total. The zero-order chi connectivity index (χ0) is 18.9. The minimum Gasteiger partial charge on any atom is -0.362 e. The molecule has 0 unspecified atom stereocenters. The highest BCUT2D eigenvalue weighted by molar-refractivity contribution is 7.91. The lowest BCUT2D eigenvalue weighted by atomic mass is 10.1. The quantitative estimate of drug-likeness (QED) is 0.763. The summed E-state index contributed by atoms with van der Waals surface area (Å²) in [5, 5.41) is 0. The van der Waals surface area contributed by atoms with Crippen LogP contribution in [0.2, 0.25) is 0 Å². The molecule has 26 heavy (non-hydrogen) atoms. The summed E-state index contributed by atoms with van der Waals surface area (Å²) in [6, 6.07) is 5.46. The van der Waals surface area contributed by atoms with Crippen LogP contribution in [0.5, 0.6) is 0 Å². The molecule has 0 amide bonds. The van der Waals surface area contributed by atoms with E-state index in [1.807, 2.05) is 37.8 Å². The molecule has 8 heteroatoms. The van der Waals surface area contributed by atoms with Crippen LogP contribution in [0.3, 0.4) is 0 Å². The van der Waals surface area contributed by atoms with Gasteiger partial charge in [-0.05, 0) is 38.5 Å². The van der Waals surface area contributed by atoms with Gasteiger partial charge in [0.25, 0.3) is 10.0 Å². The average Bonchev–Trinajstić information content (AvgIpc) is 3.22. The Morgan fingerprint density at radius 3 is 2.42 bits per heavy atom. The first-order valence-electron chi connectivity index (χ1n) is 8.82. The van der Waals surface area contributed by atoms with Crippen LogP contribution in [0.25, 0.3) is 0 Å². The van der Waals surface area contributed by atoms with Gasteiger partial charge in [0.15, 0.2) is 5.78 Å². The van der Waals surface area contributed by atoms with Crippen molar-refractivity contribution in [3.63, 3.8) is 0 Å². The number of carbonyl (C=O) groups is 1. The molecule has 2 aromatic heterocycles. The minimum absolute atomic E-state index is 0.0778. The van der Waals surface area contributed by atoms with E-state index in [9.17, 15) is 13.2 Å². The second kappa shape index (κ2) is 7.64. The van der Waals surface area contributed by atoms with Crippen molar-refractivity contribution >= 4 is 27.1 Å². The number of H-pyrrole nitrogens is 1. The van der Waals surface area contributed by atoms with Gasteiger partial charge in [0, 0.05) is 48.0 Å². The number of aryl methyl sites for hydroxylation is 3. The van der Waals surface area contributed by atoms with Crippen molar-refractivity contribution in [1.82, 2.24) is 14.2 Å². The Kier molecular flexibility index (Phi) is 5.67. The predicted molar refractivity (Wildman–Crippen MR) is 103 cm³/mol. The fourth-order valence-corrected chi connectivity index (χ4v) is 6.12. The smallest absolute Gasteiger partial charge is 0.252 e. The lowest BCUT2D eigenvalue weighted by Crippen LogP contribution is -2.49. The average molecular weight is 396 g/mol. The molecule has 0 radical (unpaired) electrons. The third kappa shape index (κ3) is 3.93. The highest BCUT2D eigenvalue weighted by Gasteiger charge is 2.30. The second-order valence-corrected chi connectivity index (χ2v) is 10.0. The summed E-state index contributed by atoms with van der Waals surface area (Å²) in [6.07, 6.45) is 0.841. The molecule has 3 rings (SSSR count). The normalized spacial score (nSPS) is 16.9. The highest BCUT2D eigenvalue weighted by Crippen LogP contribution is 2.26. The topological polar surface area (TPSA) is 73.5 Å². The molecule has 0 aliphatic carbocycles. The van der Waals surface area contributed by atoms with Crippen LogP contribution >= 0.6 is 11.3 Å². The molecule has 0 bridgehead atoms. The van der Waals surface area contributed by atoms with Crippen molar-refractivity contribution in [3.05, 3.63) is 40.0 Å². The number of Topliss-reactive ketones (excluding diaryl/α,β-unsaturated/α-hetero) is 1. The number of aromatic nitrogens is 1. The van der Waals surface area contributed by atoms with E-state index in [-0.39, 0.29) is 5.78 Å². The van der Waals surface area contributed by atoms with Gasteiger partial charge in [-0.15, -0.1) is 11.3 Å². The SMILES string of the molecule is CCc1ccc(S(=O)(=O)N2CCN(CC(=O)c3cc(C)[nH]c3C)CC2)s1. The van der Waals surface area contributed by atoms with Crippen LogP contribution in [0.1, 0.15) is 33.5 Å². The molecule has 0 saturated carbocycles. The summed E-state index contributed by atoms with van der Waals surface area (Å²) in [5.74, 6) is 0.0778. The Balaban J connectivity index is 1.60. The van der Waals surface area contributed by atoms with Crippen LogP contribution in [0.15, 0.2) is 22.4 Å². The summed E-state index contributed by atoms with van der Waals surface area (Å²) in [6.45, 7) is 8.15. The summed E-state index contributed by atoms with van der Waals surface area (Å²) in [7, 11) is -3.42. The summed E-state index contributed by atoms with van der Waals surface area (Å²) >= 11 is 1.35. The number of piperazine rings is 1. The van der Waals surface area contributed by atoms with E-state index >= 15 is 0 Å². The van der Waals surface area contributed by atoms with Crippen LogP contribution < -0.4 is 0 Å². The molecule has 0 atom stereocenters. The third-order valence-corrected chi connectivity index (χ3v) is 8.32. The van der Waals surface area contributed by atoms with Gasteiger partial charge < -0.3 is 4.98 Å². The van der Waals surface area contributed by atoms with Crippen molar-refractivity contribution in [2.24, 2.45) is 0 Å². The number of nitrogens with zero attached hydrogens (tertiary/aromatic N) is 2. The van der Waals surface area contributed by atoms with Crippen LogP contribution in [-0.4, -0.2) is 61.1 Å². The number of sulfonamides is 1. The number of hydrogen-bond acceptors (Lipinski definition) is 5. The molecule has 6 nitrogen and oxygen atoms in total. The van der Waals surface area contributed by atoms with E-state index in [4.69, 9.17) is 0 Å². The second-order valence-electron chi connectivity index (χ2n) is 6.67. The van der Waals surface area contributed by atoms with E-state index in [1.54, 1.807) is 6.07 Å². The van der Waals surface area contributed by atoms with Gasteiger partial charge in [-0.2, -0.15) is 4.31 Å². The van der Waals surface area contributed by atoms with Gasteiger partial charge in [0.2, 0.25) is 0 Å². The summed E-state index contributed by atoms with van der Waals surface area (Å²) in [4.78, 5) is 18.7. The first kappa shape index (κ1) is 19.3. The maximum atomic E-state index is 12.8. The number of carbonyl (C=O) groups excluding carboxylic acids is 1. The number of hydrogen-bond donors (Lipinski definition) is 1. The van der Waals surface area contributed by atoms with Gasteiger partial charge in [0.05, 0.1) is 6.54 Å². The van der Waals surface area contributed by atoms with E-state index in [2.05, 4.69) is 4.98 Å². The van der Waals surface area contributed by atoms with Crippen molar-refractivity contribution in [2.75, 3.05) is 32.7 Å². The zero-order valence-corrected chi connectivity index (χ0v) is 17.0. The van der Waals surface area contributed by atoms with E-state index in [1.165, 1.54) is 15.6 Å². The molecule has 1 fully saturated rings. The Morgan fingerprint density at radius 2 is 1.88 bits per heavy atom. The Labute approximate surface area is 158 Å². The van der Waals surface area contributed by atoms with Gasteiger partial charge in [-0.25, -0.2) is 8.42 Å². The lowest BCUT2D eigenvalue weighted by Gasteiger charge is -2.33. The van der Waals surface area contributed by atoms with E-state index in [0.717, 1.165) is 28.2 Å². The number of ketones is 1. The maximum absolute atomic E-state index is 12.8. The van der Waals surface area contributed by atoms with Crippen molar-refractivity contribution in [3.8, 4) is 0 Å². The molecule has 142 valence electrons. The molecule has 3 heterocycles. The predicted octanol–water partition coefficient (Wildman–Crippen LogP) is 2.44. The number of aromatic amines is 1. The number of rotatable bonds is 6. The van der Waals surface area contributed by atoms with Gasteiger partial charge in [-0.1, -0.05) is 6.92 Å². The summed E-state index contributed by atoms with van der Waals surface area (Å²) < 4.78 is 27.5. The Hall–Kier alpha value is -1.48. The molecule has 2 aromatic rings. The number of nitrogens with one attached hydrogen (secondary N) is 1. The molecular weight excluding hydrogens is 370 g/mol. The van der Waals surface area contributed by atoms with E-state index < -0.39 is 10.0 Å². The standard InChI is InChI=1S/C18H25N3O3S2/c1-4-15-5-6-18(25-15)26(23,24)21-9-7-20(8-10-21)12-17(22)16-11-13(2)19-14(16)3/h5-6,11,19H,4,7-10,12H2,1-3H3. The molecule has 0 aromatic carbocycles. The maximum Gasteiger partial charge on any atom is 0.252 e. The fourth-order valence-electron chi connectivity index (χ4n) is 3.24. The Morgan fingerprint density at radius 1 is 1.19 bits per heavy atom. The third-order valence-electron chi connectivity index (χ3n) is 4.73. The molecule has 1 saturated heterocycles. The Bertz CT molecular complexity index is 891. The summed E-state index contributed by atoms with van der Waals surface area (Å²) in [5.41, 5.74) is 2.59. The molecule has 1 aliphatic heterocycles. The highest BCUT2D eigenvalue weighted by atomic mass is 32.2. The van der Waals surface area contributed by atoms with Crippen LogP contribution in [0, 0.1) is 13.8 Å². The number of thiophene rings is 1. The van der Waals surface area contributed by atoms with Crippen LogP contribution in [0.4, 0.5) is 0 Å².